The van der Waals surface area contributed by atoms with Crippen LogP contribution in [0.1, 0.15) is 23.2 Å². The Labute approximate surface area is 105 Å². The topological polar surface area (TPSA) is 48.1 Å². The normalized spacial score (nSPS) is 10.5. The second-order valence-electron chi connectivity index (χ2n) is 3.69. The molecule has 0 bridgehead atoms. The van der Waals surface area contributed by atoms with Crippen LogP contribution in [0.2, 0.25) is 0 Å². The van der Waals surface area contributed by atoms with Crippen LogP contribution in [0, 0.1) is 0 Å². The summed E-state index contributed by atoms with van der Waals surface area (Å²) in [6.07, 6.45) is 0.974. The highest BCUT2D eigenvalue weighted by molar-refractivity contribution is 7.09. The first-order chi connectivity index (χ1) is 8.33. The Morgan fingerprint density at radius 1 is 1.35 bits per heavy atom. The zero-order valence-electron chi connectivity index (χ0n) is 9.85. The largest absolute Gasteiger partial charge is 0.487 e. The summed E-state index contributed by atoms with van der Waals surface area (Å²) in [5, 5.41) is 2.95. The molecule has 4 heteroatoms. The van der Waals surface area contributed by atoms with Gasteiger partial charge in [0.25, 0.3) is 0 Å². The molecule has 0 aliphatic carbocycles. The molecule has 0 amide bonds. The summed E-state index contributed by atoms with van der Waals surface area (Å²) in [6.45, 7) is 3.13. The highest BCUT2D eigenvalue weighted by Gasteiger charge is 2.04. The highest BCUT2D eigenvalue weighted by atomic mass is 32.1. The van der Waals surface area contributed by atoms with Gasteiger partial charge in [0.15, 0.2) is 0 Å². The number of para-hydroxylation sites is 1. The standard InChI is InChI=1S/C13H16N2OS/c1-2-10-5-3-4-6-12(10)16-8-11-9-17-13(7-14)15-11/h3-6,9H,2,7-8,14H2,1H3. The van der Waals surface area contributed by atoms with Crippen molar-refractivity contribution in [3.05, 3.63) is 45.9 Å². The summed E-state index contributed by atoms with van der Waals surface area (Å²) in [7, 11) is 0. The smallest absolute Gasteiger partial charge is 0.131 e. The molecule has 0 aliphatic heterocycles. The van der Waals surface area contributed by atoms with Crippen molar-refractivity contribution in [1.29, 1.82) is 0 Å². The second kappa shape index (κ2) is 5.80. The number of benzene rings is 1. The third kappa shape index (κ3) is 3.05. The van der Waals surface area contributed by atoms with E-state index in [9.17, 15) is 0 Å². The fourth-order valence-corrected chi connectivity index (χ4v) is 2.26. The summed E-state index contributed by atoms with van der Waals surface area (Å²) in [5.41, 5.74) is 7.69. The summed E-state index contributed by atoms with van der Waals surface area (Å²) in [5.74, 6) is 0.942. The fraction of sp³-hybridized carbons (Fsp3) is 0.308. The van der Waals surface area contributed by atoms with Crippen LogP contribution in [-0.4, -0.2) is 4.98 Å². The molecule has 2 rings (SSSR count). The van der Waals surface area contributed by atoms with Crippen LogP contribution in [0.3, 0.4) is 0 Å². The van der Waals surface area contributed by atoms with Gasteiger partial charge in [-0.05, 0) is 18.1 Å². The molecule has 2 aromatic rings. The van der Waals surface area contributed by atoms with Gasteiger partial charge in [0.2, 0.25) is 0 Å². The molecule has 0 spiro atoms. The predicted molar refractivity (Wildman–Crippen MR) is 70.2 cm³/mol. The van der Waals surface area contributed by atoms with Gasteiger partial charge < -0.3 is 10.5 Å². The molecule has 1 heterocycles. The maximum absolute atomic E-state index is 5.78. The summed E-state index contributed by atoms with van der Waals surface area (Å²) in [4.78, 5) is 4.37. The van der Waals surface area contributed by atoms with Gasteiger partial charge in [-0.3, -0.25) is 0 Å². The number of rotatable bonds is 5. The Morgan fingerprint density at radius 3 is 2.88 bits per heavy atom. The maximum Gasteiger partial charge on any atom is 0.131 e. The van der Waals surface area contributed by atoms with E-state index < -0.39 is 0 Å². The van der Waals surface area contributed by atoms with Gasteiger partial charge in [0.1, 0.15) is 17.4 Å². The summed E-state index contributed by atoms with van der Waals surface area (Å²) in [6, 6.07) is 8.10. The Morgan fingerprint density at radius 2 is 2.18 bits per heavy atom. The van der Waals surface area contributed by atoms with Crippen LogP contribution in [-0.2, 0) is 19.6 Å². The fourth-order valence-electron chi connectivity index (χ4n) is 1.60. The summed E-state index contributed by atoms with van der Waals surface area (Å²) >= 11 is 1.58. The first kappa shape index (κ1) is 12.1. The molecule has 3 nitrogen and oxygen atoms in total. The lowest BCUT2D eigenvalue weighted by Crippen LogP contribution is -2.00. The predicted octanol–water partition coefficient (Wildman–Crippen LogP) is 2.74. The van der Waals surface area contributed by atoms with Crippen molar-refractivity contribution < 1.29 is 4.74 Å². The third-order valence-corrected chi connectivity index (χ3v) is 3.42. The minimum Gasteiger partial charge on any atom is -0.487 e. The Hall–Kier alpha value is -1.39. The molecule has 17 heavy (non-hydrogen) atoms. The van der Waals surface area contributed by atoms with E-state index in [2.05, 4.69) is 18.0 Å². The molecule has 90 valence electrons. The van der Waals surface area contributed by atoms with Crippen LogP contribution in [0.15, 0.2) is 29.6 Å². The van der Waals surface area contributed by atoms with Crippen LogP contribution < -0.4 is 10.5 Å². The molecule has 0 radical (unpaired) electrons. The van der Waals surface area contributed by atoms with Gasteiger partial charge in [-0.2, -0.15) is 0 Å². The van der Waals surface area contributed by atoms with Crippen LogP contribution >= 0.6 is 11.3 Å². The Bertz CT molecular complexity index is 482. The lowest BCUT2D eigenvalue weighted by atomic mass is 10.1. The van der Waals surface area contributed by atoms with Gasteiger partial charge in [-0.1, -0.05) is 25.1 Å². The average molecular weight is 248 g/mol. The molecular weight excluding hydrogens is 232 g/mol. The average Bonchev–Trinajstić information content (AvgIpc) is 2.84. The number of nitrogens with two attached hydrogens (primary N) is 1. The number of hydrogen-bond donors (Lipinski definition) is 1. The lowest BCUT2D eigenvalue weighted by Gasteiger charge is -2.08. The van der Waals surface area contributed by atoms with Crippen LogP contribution in [0.4, 0.5) is 0 Å². The van der Waals surface area contributed by atoms with Crippen molar-refractivity contribution in [1.82, 2.24) is 4.98 Å². The third-order valence-electron chi connectivity index (χ3n) is 2.50. The molecule has 1 aromatic carbocycles. The van der Waals surface area contributed by atoms with Crippen molar-refractivity contribution >= 4 is 11.3 Å². The van der Waals surface area contributed by atoms with Crippen molar-refractivity contribution in [2.75, 3.05) is 0 Å². The van der Waals surface area contributed by atoms with Gasteiger partial charge >= 0.3 is 0 Å². The summed E-state index contributed by atoms with van der Waals surface area (Å²) < 4.78 is 5.78. The van der Waals surface area contributed by atoms with E-state index in [0.29, 0.717) is 13.2 Å². The second-order valence-corrected chi connectivity index (χ2v) is 4.63. The van der Waals surface area contributed by atoms with Gasteiger partial charge in [0.05, 0.1) is 5.69 Å². The zero-order valence-corrected chi connectivity index (χ0v) is 10.7. The molecule has 2 N–H and O–H groups in total. The molecule has 0 fully saturated rings. The van der Waals surface area contributed by atoms with Crippen molar-refractivity contribution in [2.24, 2.45) is 5.73 Å². The van der Waals surface area contributed by atoms with Gasteiger partial charge in [-0.15, -0.1) is 11.3 Å². The zero-order chi connectivity index (χ0) is 12.1. The SMILES string of the molecule is CCc1ccccc1OCc1csc(CN)n1. The first-order valence-electron chi connectivity index (χ1n) is 5.67. The first-order valence-corrected chi connectivity index (χ1v) is 6.55. The molecule has 0 saturated heterocycles. The van der Waals surface area contributed by atoms with Crippen molar-refractivity contribution in [3.63, 3.8) is 0 Å². The van der Waals surface area contributed by atoms with E-state index >= 15 is 0 Å². The van der Waals surface area contributed by atoms with E-state index in [-0.39, 0.29) is 0 Å². The number of thiazole rings is 1. The number of aromatic nitrogens is 1. The number of aryl methyl sites for hydroxylation is 1. The van der Waals surface area contributed by atoms with E-state index in [1.807, 2.05) is 23.6 Å². The lowest BCUT2D eigenvalue weighted by molar-refractivity contribution is 0.299. The van der Waals surface area contributed by atoms with Crippen LogP contribution in [0.5, 0.6) is 5.75 Å². The van der Waals surface area contributed by atoms with E-state index in [4.69, 9.17) is 10.5 Å². The van der Waals surface area contributed by atoms with Crippen molar-refractivity contribution in [3.8, 4) is 5.75 Å². The van der Waals surface area contributed by atoms with Crippen LogP contribution in [0.25, 0.3) is 0 Å². The molecule has 0 saturated carbocycles. The van der Waals surface area contributed by atoms with Gasteiger partial charge in [-0.25, -0.2) is 4.98 Å². The van der Waals surface area contributed by atoms with Gasteiger partial charge in [0, 0.05) is 11.9 Å². The Kier molecular flexibility index (Phi) is 4.12. The number of hydrogen-bond acceptors (Lipinski definition) is 4. The van der Waals surface area contributed by atoms with E-state index in [1.54, 1.807) is 11.3 Å². The monoisotopic (exact) mass is 248 g/mol. The quantitative estimate of drug-likeness (QED) is 0.885. The Balaban J connectivity index is 2.01. The van der Waals surface area contributed by atoms with E-state index in [0.717, 1.165) is 22.9 Å². The van der Waals surface area contributed by atoms with Crippen molar-refractivity contribution in [2.45, 2.75) is 26.5 Å². The maximum atomic E-state index is 5.78. The molecule has 1 aromatic heterocycles. The number of nitrogens with zero attached hydrogens (tertiary/aromatic N) is 1. The molecule has 0 unspecified atom stereocenters. The molecule has 0 atom stereocenters. The molecule has 0 aliphatic rings. The minimum absolute atomic E-state index is 0.496. The number of ether oxygens (including phenoxy) is 1. The van der Waals surface area contributed by atoms with E-state index in [1.165, 1.54) is 5.56 Å². The molecular formula is C13H16N2OS. The minimum atomic E-state index is 0.496. The highest BCUT2D eigenvalue weighted by Crippen LogP contribution is 2.20.